The molecule has 0 radical (unpaired) electrons. The van der Waals surface area contributed by atoms with Crippen LogP contribution in [0.5, 0.6) is 0 Å². The first-order chi connectivity index (χ1) is 12.9. The van der Waals surface area contributed by atoms with Crippen LogP contribution in [0.4, 0.5) is 0 Å². The lowest BCUT2D eigenvalue weighted by atomic mass is 10.1. The lowest BCUT2D eigenvalue weighted by molar-refractivity contribution is 0.204. The van der Waals surface area contributed by atoms with Crippen molar-refractivity contribution < 1.29 is 8.42 Å². The molecule has 1 aliphatic rings. The summed E-state index contributed by atoms with van der Waals surface area (Å²) in [5.74, 6) is 0.492. The lowest BCUT2D eigenvalue weighted by Gasteiger charge is -2.28. The summed E-state index contributed by atoms with van der Waals surface area (Å²) < 4.78 is 23.9. The van der Waals surface area contributed by atoms with Crippen LogP contribution in [-0.4, -0.2) is 44.0 Å². The van der Waals surface area contributed by atoms with Gasteiger partial charge in [0.15, 0.2) is 9.84 Å². The van der Waals surface area contributed by atoms with E-state index < -0.39 is 9.84 Å². The molecular formula is C20H24Cl2N2O2S. The molecule has 1 atom stereocenters. The molecule has 0 saturated carbocycles. The van der Waals surface area contributed by atoms with Crippen LogP contribution in [-0.2, 0) is 22.9 Å². The molecule has 27 heavy (non-hydrogen) atoms. The molecule has 0 aromatic heterocycles. The Kier molecular flexibility index (Phi) is 7.17. The molecule has 0 bridgehead atoms. The van der Waals surface area contributed by atoms with Gasteiger partial charge in [-0.1, -0.05) is 59.6 Å². The highest BCUT2D eigenvalue weighted by molar-refractivity contribution is 7.91. The van der Waals surface area contributed by atoms with Crippen LogP contribution in [0.1, 0.15) is 17.5 Å². The molecule has 0 unspecified atom stereocenters. The van der Waals surface area contributed by atoms with E-state index in [-0.39, 0.29) is 17.5 Å². The number of benzene rings is 2. The molecular weight excluding hydrogens is 403 g/mol. The van der Waals surface area contributed by atoms with Gasteiger partial charge in [-0.25, -0.2) is 8.42 Å². The molecule has 0 aliphatic carbocycles. The molecule has 3 rings (SSSR count). The van der Waals surface area contributed by atoms with E-state index >= 15 is 0 Å². The normalized spacial score (nSPS) is 18.9. The molecule has 4 nitrogen and oxygen atoms in total. The van der Waals surface area contributed by atoms with E-state index in [2.05, 4.69) is 10.2 Å². The summed E-state index contributed by atoms with van der Waals surface area (Å²) in [5.41, 5.74) is 2.08. The Labute approximate surface area is 171 Å². The second kappa shape index (κ2) is 9.39. The minimum Gasteiger partial charge on any atom is -0.311 e. The topological polar surface area (TPSA) is 49.4 Å². The average molecular weight is 427 g/mol. The van der Waals surface area contributed by atoms with Gasteiger partial charge in [-0.05, 0) is 29.7 Å². The van der Waals surface area contributed by atoms with E-state index in [1.165, 1.54) is 0 Å². The van der Waals surface area contributed by atoms with Crippen molar-refractivity contribution in [3.63, 3.8) is 0 Å². The second-order valence-electron chi connectivity index (χ2n) is 6.89. The van der Waals surface area contributed by atoms with Gasteiger partial charge < -0.3 is 5.32 Å². The first-order valence-corrected chi connectivity index (χ1v) is 11.6. The fourth-order valence-corrected chi connectivity index (χ4v) is 5.55. The Morgan fingerprint density at radius 2 is 1.63 bits per heavy atom. The molecule has 0 amide bonds. The molecule has 2 aromatic rings. The van der Waals surface area contributed by atoms with Crippen molar-refractivity contribution in [2.45, 2.75) is 25.6 Å². The third kappa shape index (κ3) is 5.93. The highest BCUT2D eigenvalue weighted by Crippen LogP contribution is 2.23. The van der Waals surface area contributed by atoms with Crippen molar-refractivity contribution in [3.05, 3.63) is 69.7 Å². The second-order valence-corrected chi connectivity index (χ2v) is 9.93. The maximum Gasteiger partial charge on any atom is 0.151 e. The standard InChI is InChI=1S/C20H24Cl2N2O2S/c21-19-7-3-1-5-16(19)13-23-10-11-24(18-9-12-27(25,26)15-18)14-17-6-2-4-8-20(17)22/h1-8,18,23H,9-15H2/t18-/m1/s1. The Balaban J connectivity index is 1.61. The van der Waals surface area contributed by atoms with Gasteiger partial charge in [0.1, 0.15) is 0 Å². The van der Waals surface area contributed by atoms with Crippen molar-refractivity contribution in [1.82, 2.24) is 10.2 Å². The van der Waals surface area contributed by atoms with Gasteiger partial charge in [0.2, 0.25) is 0 Å². The SMILES string of the molecule is O=S1(=O)CC[C@@H](N(CCNCc2ccccc2Cl)Cc2ccccc2Cl)C1. The molecule has 1 aliphatic heterocycles. The number of nitrogens with zero attached hydrogens (tertiary/aromatic N) is 1. The maximum absolute atomic E-state index is 11.9. The summed E-state index contributed by atoms with van der Waals surface area (Å²) in [7, 11) is -2.93. The van der Waals surface area contributed by atoms with Gasteiger partial charge in [-0.2, -0.15) is 0 Å². The Morgan fingerprint density at radius 1 is 1.00 bits per heavy atom. The van der Waals surface area contributed by atoms with E-state index in [0.29, 0.717) is 24.5 Å². The van der Waals surface area contributed by atoms with Crippen LogP contribution >= 0.6 is 23.2 Å². The van der Waals surface area contributed by atoms with Crippen molar-refractivity contribution in [2.24, 2.45) is 0 Å². The van der Waals surface area contributed by atoms with Crippen LogP contribution in [0.15, 0.2) is 48.5 Å². The van der Waals surface area contributed by atoms with Crippen LogP contribution in [0, 0.1) is 0 Å². The fraction of sp³-hybridized carbons (Fsp3) is 0.400. The molecule has 1 heterocycles. The highest BCUT2D eigenvalue weighted by Gasteiger charge is 2.32. The average Bonchev–Trinajstić information content (AvgIpc) is 3.00. The number of halogens is 2. The van der Waals surface area contributed by atoms with Crippen LogP contribution in [0.25, 0.3) is 0 Å². The van der Waals surface area contributed by atoms with Gasteiger partial charge in [0, 0.05) is 42.3 Å². The highest BCUT2D eigenvalue weighted by atomic mass is 35.5. The van der Waals surface area contributed by atoms with Crippen LogP contribution in [0.3, 0.4) is 0 Å². The molecule has 146 valence electrons. The third-order valence-electron chi connectivity index (χ3n) is 4.91. The van der Waals surface area contributed by atoms with Gasteiger partial charge in [-0.3, -0.25) is 4.90 Å². The Bertz CT molecular complexity index is 874. The molecule has 1 N–H and O–H groups in total. The summed E-state index contributed by atoms with van der Waals surface area (Å²) in [4.78, 5) is 2.23. The minimum atomic E-state index is -2.93. The summed E-state index contributed by atoms with van der Waals surface area (Å²) in [6.45, 7) is 2.82. The van der Waals surface area contributed by atoms with Crippen molar-refractivity contribution >= 4 is 33.0 Å². The van der Waals surface area contributed by atoms with E-state index in [1.807, 2.05) is 48.5 Å². The molecule has 1 fully saturated rings. The predicted molar refractivity (Wildman–Crippen MR) is 112 cm³/mol. The van der Waals surface area contributed by atoms with Crippen molar-refractivity contribution in [3.8, 4) is 0 Å². The Morgan fingerprint density at radius 3 is 2.22 bits per heavy atom. The van der Waals surface area contributed by atoms with Gasteiger partial charge >= 0.3 is 0 Å². The Hall–Kier alpha value is -1.11. The summed E-state index contributed by atoms with van der Waals surface area (Å²) in [6.07, 6.45) is 0.678. The van der Waals surface area contributed by atoms with Crippen molar-refractivity contribution in [1.29, 1.82) is 0 Å². The molecule has 2 aromatic carbocycles. The van der Waals surface area contributed by atoms with E-state index in [4.69, 9.17) is 23.2 Å². The van der Waals surface area contributed by atoms with E-state index in [9.17, 15) is 8.42 Å². The zero-order chi connectivity index (χ0) is 19.3. The number of rotatable bonds is 8. The monoisotopic (exact) mass is 426 g/mol. The van der Waals surface area contributed by atoms with E-state index in [1.54, 1.807) is 0 Å². The van der Waals surface area contributed by atoms with Gasteiger partial charge in [-0.15, -0.1) is 0 Å². The quantitative estimate of drug-likeness (QED) is 0.652. The zero-order valence-corrected chi connectivity index (χ0v) is 17.4. The number of hydrogen-bond acceptors (Lipinski definition) is 4. The summed E-state index contributed by atoms with van der Waals surface area (Å²) in [6, 6.07) is 15.5. The fourth-order valence-electron chi connectivity index (χ4n) is 3.39. The van der Waals surface area contributed by atoms with Crippen LogP contribution < -0.4 is 5.32 Å². The smallest absolute Gasteiger partial charge is 0.151 e. The van der Waals surface area contributed by atoms with E-state index in [0.717, 1.165) is 29.2 Å². The first kappa shape index (κ1) is 20.6. The maximum atomic E-state index is 11.9. The summed E-state index contributed by atoms with van der Waals surface area (Å²) in [5, 5.41) is 4.87. The largest absolute Gasteiger partial charge is 0.311 e. The predicted octanol–water partition coefficient (Wildman–Crippen LogP) is 3.77. The summed E-state index contributed by atoms with van der Waals surface area (Å²) >= 11 is 12.5. The number of sulfone groups is 1. The zero-order valence-electron chi connectivity index (χ0n) is 15.1. The minimum absolute atomic E-state index is 0.0355. The number of hydrogen-bond donors (Lipinski definition) is 1. The first-order valence-electron chi connectivity index (χ1n) is 9.06. The molecule has 1 saturated heterocycles. The van der Waals surface area contributed by atoms with Crippen molar-refractivity contribution in [2.75, 3.05) is 24.6 Å². The molecule has 7 heteroatoms. The van der Waals surface area contributed by atoms with Crippen LogP contribution in [0.2, 0.25) is 10.0 Å². The third-order valence-corrected chi connectivity index (χ3v) is 7.39. The lowest BCUT2D eigenvalue weighted by Crippen LogP contribution is -2.40. The van der Waals surface area contributed by atoms with Gasteiger partial charge in [0.25, 0.3) is 0 Å². The number of nitrogens with one attached hydrogen (secondary N) is 1. The molecule has 0 spiro atoms. The van der Waals surface area contributed by atoms with Gasteiger partial charge in [0.05, 0.1) is 11.5 Å².